The minimum atomic E-state index is 0.631. The molecule has 0 aliphatic carbocycles. The number of nitrogens with zero attached hydrogens (tertiary/aromatic N) is 2. The summed E-state index contributed by atoms with van der Waals surface area (Å²) in [5, 5.41) is 3.91. The van der Waals surface area contributed by atoms with Crippen molar-refractivity contribution in [3.05, 3.63) is 52.0 Å². The van der Waals surface area contributed by atoms with E-state index in [0.717, 1.165) is 15.9 Å². The Bertz CT molecular complexity index is 476. The molecule has 0 atom stereocenters. The molecule has 0 saturated heterocycles. The van der Waals surface area contributed by atoms with E-state index in [0.29, 0.717) is 11.6 Å². The summed E-state index contributed by atoms with van der Waals surface area (Å²) in [6.07, 6.45) is 5.05. The van der Waals surface area contributed by atoms with Crippen molar-refractivity contribution in [1.82, 2.24) is 9.97 Å². The third-order valence-corrected chi connectivity index (χ3v) is 3.24. The fraction of sp³-hybridized carbons (Fsp3) is 0.0909. The molecule has 1 N–H and O–H groups in total. The molecule has 82 valence electrons. The van der Waals surface area contributed by atoms with Crippen LogP contribution in [0.3, 0.4) is 0 Å². The van der Waals surface area contributed by atoms with Crippen LogP contribution in [0.5, 0.6) is 0 Å². The lowest BCUT2D eigenvalue weighted by Crippen LogP contribution is -2.01. The molecule has 0 spiro atoms. The van der Waals surface area contributed by atoms with Gasteiger partial charge in [-0.2, -0.15) is 0 Å². The summed E-state index contributed by atoms with van der Waals surface area (Å²) in [6.45, 7) is 0.631. The zero-order valence-corrected chi connectivity index (χ0v) is 10.7. The van der Waals surface area contributed by atoms with E-state index in [-0.39, 0.29) is 0 Å². The van der Waals surface area contributed by atoms with Crippen molar-refractivity contribution >= 4 is 33.2 Å². The largest absolute Gasteiger partial charge is 0.379 e. The van der Waals surface area contributed by atoms with Gasteiger partial charge in [0.05, 0.1) is 23.5 Å². The topological polar surface area (TPSA) is 37.8 Å². The van der Waals surface area contributed by atoms with Gasteiger partial charge in [0.1, 0.15) is 0 Å². The summed E-state index contributed by atoms with van der Waals surface area (Å²) < 4.78 is 0.888. The van der Waals surface area contributed by atoms with Gasteiger partial charge in [0.2, 0.25) is 0 Å². The fourth-order valence-corrected chi connectivity index (χ4v) is 1.65. The Kier molecular flexibility index (Phi) is 3.74. The van der Waals surface area contributed by atoms with Gasteiger partial charge in [-0.3, -0.25) is 9.97 Å². The number of anilines is 1. The molecule has 0 amide bonds. The number of aromatic nitrogens is 2. The fourth-order valence-electron chi connectivity index (χ4n) is 1.22. The van der Waals surface area contributed by atoms with E-state index in [9.17, 15) is 0 Å². The third kappa shape index (κ3) is 2.93. The molecule has 0 radical (unpaired) electrons. The highest BCUT2D eigenvalue weighted by molar-refractivity contribution is 9.10. The number of halogens is 2. The zero-order chi connectivity index (χ0) is 11.4. The maximum Gasteiger partial charge on any atom is 0.0777 e. The molecule has 0 aliphatic heterocycles. The van der Waals surface area contributed by atoms with Gasteiger partial charge in [-0.25, -0.2) is 0 Å². The Morgan fingerprint density at radius 3 is 2.88 bits per heavy atom. The molecule has 0 aliphatic rings. The molecule has 3 nitrogen and oxygen atoms in total. The van der Waals surface area contributed by atoms with Gasteiger partial charge in [-0.05, 0) is 34.1 Å². The van der Waals surface area contributed by atoms with Crippen LogP contribution in [0.25, 0.3) is 0 Å². The Morgan fingerprint density at radius 1 is 1.31 bits per heavy atom. The average Bonchev–Trinajstić information content (AvgIpc) is 2.32. The predicted octanol–water partition coefficient (Wildman–Crippen LogP) is 3.50. The monoisotopic (exact) mass is 297 g/mol. The molecule has 1 aromatic heterocycles. The van der Waals surface area contributed by atoms with Crippen LogP contribution in [0.1, 0.15) is 5.69 Å². The Hall–Kier alpha value is -1.13. The lowest BCUT2D eigenvalue weighted by molar-refractivity contribution is 1.01. The summed E-state index contributed by atoms with van der Waals surface area (Å²) in [7, 11) is 0. The molecule has 1 aromatic carbocycles. The molecule has 0 saturated carbocycles. The molecule has 0 fully saturated rings. The minimum absolute atomic E-state index is 0.631. The molecule has 16 heavy (non-hydrogen) atoms. The van der Waals surface area contributed by atoms with Crippen LogP contribution in [-0.2, 0) is 6.54 Å². The van der Waals surface area contributed by atoms with E-state index in [4.69, 9.17) is 11.6 Å². The van der Waals surface area contributed by atoms with Crippen molar-refractivity contribution in [2.24, 2.45) is 0 Å². The summed E-state index contributed by atoms with van der Waals surface area (Å²) in [6, 6.07) is 5.72. The van der Waals surface area contributed by atoms with Gasteiger partial charge in [-0.15, -0.1) is 0 Å². The molecule has 1 heterocycles. The smallest absolute Gasteiger partial charge is 0.0777 e. The Balaban J connectivity index is 2.03. The SMILES string of the molecule is Clc1cc(NCc2cnccn2)ccc1Br. The van der Waals surface area contributed by atoms with Crippen LogP contribution in [0.15, 0.2) is 41.3 Å². The molecular weight excluding hydrogens is 289 g/mol. The molecule has 2 rings (SSSR count). The minimum Gasteiger partial charge on any atom is -0.379 e. The summed E-state index contributed by atoms with van der Waals surface area (Å²) in [4.78, 5) is 8.16. The van der Waals surface area contributed by atoms with Gasteiger partial charge < -0.3 is 5.32 Å². The lowest BCUT2D eigenvalue weighted by atomic mass is 10.3. The van der Waals surface area contributed by atoms with Crippen molar-refractivity contribution in [2.75, 3.05) is 5.32 Å². The first-order valence-electron chi connectivity index (χ1n) is 4.69. The number of hydrogen-bond donors (Lipinski definition) is 1. The first kappa shape index (κ1) is 11.4. The zero-order valence-electron chi connectivity index (χ0n) is 8.32. The predicted molar refractivity (Wildman–Crippen MR) is 68.5 cm³/mol. The number of rotatable bonds is 3. The van der Waals surface area contributed by atoms with Gasteiger partial charge in [0.25, 0.3) is 0 Å². The Labute approximate surface area is 107 Å². The van der Waals surface area contributed by atoms with Crippen LogP contribution >= 0.6 is 27.5 Å². The van der Waals surface area contributed by atoms with E-state index in [2.05, 4.69) is 31.2 Å². The van der Waals surface area contributed by atoms with Crippen LogP contribution in [0.4, 0.5) is 5.69 Å². The van der Waals surface area contributed by atoms with Crippen molar-refractivity contribution in [2.45, 2.75) is 6.54 Å². The first-order valence-corrected chi connectivity index (χ1v) is 5.86. The van der Waals surface area contributed by atoms with Gasteiger partial charge in [0.15, 0.2) is 0 Å². The van der Waals surface area contributed by atoms with Crippen molar-refractivity contribution in [3.63, 3.8) is 0 Å². The molecule has 5 heteroatoms. The summed E-state index contributed by atoms with van der Waals surface area (Å²) >= 11 is 9.32. The van der Waals surface area contributed by atoms with E-state index < -0.39 is 0 Å². The normalized spacial score (nSPS) is 10.1. The first-order chi connectivity index (χ1) is 7.75. The maximum atomic E-state index is 5.98. The van der Waals surface area contributed by atoms with Crippen LogP contribution in [-0.4, -0.2) is 9.97 Å². The van der Waals surface area contributed by atoms with Crippen molar-refractivity contribution in [1.29, 1.82) is 0 Å². The van der Waals surface area contributed by atoms with Crippen molar-refractivity contribution in [3.8, 4) is 0 Å². The van der Waals surface area contributed by atoms with Crippen molar-refractivity contribution < 1.29 is 0 Å². The van der Waals surface area contributed by atoms with Crippen LogP contribution < -0.4 is 5.32 Å². The summed E-state index contributed by atoms with van der Waals surface area (Å²) in [5.74, 6) is 0. The van der Waals surface area contributed by atoms with Crippen LogP contribution in [0, 0.1) is 0 Å². The second kappa shape index (κ2) is 5.27. The molecular formula is C11H9BrClN3. The summed E-state index contributed by atoms with van der Waals surface area (Å²) in [5.41, 5.74) is 1.85. The molecule has 0 unspecified atom stereocenters. The maximum absolute atomic E-state index is 5.98. The average molecular weight is 299 g/mol. The second-order valence-electron chi connectivity index (χ2n) is 3.18. The van der Waals surface area contributed by atoms with E-state index in [1.807, 2.05) is 18.2 Å². The number of benzene rings is 1. The molecule has 2 aromatic rings. The van der Waals surface area contributed by atoms with Gasteiger partial charge in [-0.1, -0.05) is 11.6 Å². The lowest BCUT2D eigenvalue weighted by Gasteiger charge is -2.06. The highest BCUT2D eigenvalue weighted by atomic mass is 79.9. The second-order valence-corrected chi connectivity index (χ2v) is 4.44. The molecule has 0 bridgehead atoms. The standard InChI is InChI=1S/C11H9BrClN3/c12-10-2-1-8(5-11(10)13)16-7-9-6-14-3-4-15-9/h1-6,16H,7H2. The highest BCUT2D eigenvalue weighted by Gasteiger charge is 1.99. The van der Waals surface area contributed by atoms with Gasteiger partial charge >= 0.3 is 0 Å². The third-order valence-electron chi connectivity index (χ3n) is 2.01. The van der Waals surface area contributed by atoms with Gasteiger partial charge in [0, 0.05) is 22.6 Å². The Morgan fingerprint density at radius 2 is 2.19 bits per heavy atom. The van der Waals surface area contributed by atoms with E-state index in [1.54, 1.807) is 18.6 Å². The quantitative estimate of drug-likeness (QED) is 0.942. The van der Waals surface area contributed by atoms with E-state index >= 15 is 0 Å². The number of nitrogens with one attached hydrogen (secondary N) is 1. The van der Waals surface area contributed by atoms with Crippen LogP contribution in [0.2, 0.25) is 5.02 Å². The number of hydrogen-bond acceptors (Lipinski definition) is 3. The highest BCUT2D eigenvalue weighted by Crippen LogP contribution is 2.25. The van der Waals surface area contributed by atoms with E-state index in [1.165, 1.54) is 0 Å².